The Morgan fingerprint density at radius 2 is 1.93 bits per heavy atom. The summed E-state index contributed by atoms with van der Waals surface area (Å²) in [6, 6.07) is 6.66. The lowest BCUT2D eigenvalue weighted by Crippen LogP contribution is -2.48. The first kappa shape index (κ1) is 24.4. The van der Waals surface area contributed by atoms with Crippen LogP contribution in [-0.2, 0) is 26.4 Å². The third-order valence-electron chi connectivity index (χ3n) is 5.72. The van der Waals surface area contributed by atoms with Crippen molar-refractivity contribution < 1.29 is 0 Å². The number of hydrogen-bond donors (Lipinski definition) is 2. The smallest absolute Gasteiger partial charge is 0.191 e. The molecule has 3 rings (SSSR count). The normalized spacial score (nSPS) is 15.1. The predicted octanol–water partition coefficient (Wildman–Crippen LogP) is 3.20. The molecule has 8 heteroatoms. The Morgan fingerprint density at radius 1 is 1.20 bits per heavy atom. The average Bonchev–Trinajstić information content (AvgIpc) is 3.05. The molecule has 1 aliphatic rings. The van der Waals surface area contributed by atoms with E-state index in [0.29, 0.717) is 6.04 Å². The summed E-state index contributed by atoms with van der Waals surface area (Å²) in [6.07, 6.45) is 4.08. The van der Waals surface area contributed by atoms with E-state index in [1.165, 1.54) is 17.0 Å². The molecule has 1 aliphatic heterocycles. The van der Waals surface area contributed by atoms with Crippen molar-refractivity contribution in [2.75, 3.05) is 25.0 Å². The lowest BCUT2D eigenvalue weighted by atomic mass is 10.1. The summed E-state index contributed by atoms with van der Waals surface area (Å²) in [5, 5.41) is 11.8. The van der Waals surface area contributed by atoms with Gasteiger partial charge in [-0.1, -0.05) is 19.9 Å². The number of pyridine rings is 1. The maximum atomic E-state index is 4.67. The van der Waals surface area contributed by atoms with Crippen LogP contribution >= 0.6 is 24.0 Å². The van der Waals surface area contributed by atoms with Crippen LogP contribution in [0.1, 0.15) is 49.3 Å². The highest BCUT2D eigenvalue weighted by molar-refractivity contribution is 14.0. The second kappa shape index (κ2) is 11.5. The molecule has 1 fully saturated rings. The minimum atomic E-state index is 0. The molecular weight excluding hydrogens is 489 g/mol. The SMILES string of the molecule is CCc1nn(C)c(CC)c1CNC(=NC)NC1CCN(c2cccc(C)n2)CC1.I. The minimum absolute atomic E-state index is 0. The van der Waals surface area contributed by atoms with Gasteiger partial charge in [-0.25, -0.2) is 4.98 Å². The first-order valence-corrected chi connectivity index (χ1v) is 10.7. The number of anilines is 1. The number of nitrogens with one attached hydrogen (secondary N) is 2. The van der Waals surface area contributed by atoms with Crippen LogP contribution in [0.4, 0.5) is 5.82 Å². The van der Waals surface area contributed by atoms with Crippen molar-refractivity contribution in [2.45, 2.75) is 59.0 Å². The second-order valence-corrected chi connectivity index (χ2v) is 7.67. The Morgan fingerprint density at radius 3 is 2.53 bits per heavy atom. The molecule has 2 N–H and O–H groups in total. The zero-order valence-electron chi connectivity index (χ0n) is 18.9. The molecule has 0 bridgehead atoms. The predicted molar refractivity (Wildman–Crippen MR) is 135 cm³/mol. The first-order valence-electron chi connectivity index (χ1n) is 10.7. The fourth-order valence-corrected chi connectivity index (χ4v) is 4.11. The Hall–Kier alpha value is -1.84. The van der Waals surface area contributed by atoms with Gasteiger partial charge in [0, 0.05) is 56.7 Å². The van der Waals surface area contributed by atoms with E-state index in [0.717, 1.165) is 62.8 Å². The number of nitrogens with zero attached hydrogens (tertiary/aromatic N) is 5. The van der Waals surface area contributed by atoms with E-state index in [1.54, 1.807) is 0 Å². The van der Waals surface area contributed by atoms with Crippen LogP contribution in [-0.4, -0.2) is 46.9 Å². The summed E-state index contributed by atoms with van der Waals surface area (Å²) in [4.78, 5) is 11.5. The van der Waals surface area contributed by atoms with Gasteiger partial charge in [-0.15, -0.1) is 24.0 Å². The number of aryl methyl sites for hydroxylation is 3. The minimum Gasteiger partial charge on any atom is -0.356 e. The van der Waals surface area contributed by atoms with Gasteiger partial charge in [-0.05, 0) is 44.7 Å². The highest BCUT2D eigenvalue weighted by Crippen LogP contribution is 2.18. The molecule has 1 saturated heterocycles. The third kappa shape index (κ3) is 5.86. The zero-order chi connectivity index (χ0) is 20.8. The number of hydrogen-bond acceptors (Lipinski definition) is 4. The molecule has 2 aromatic rings. The molecule has 0 aromatic carbocycles. The Balaban J connectivity index is 0.00000320. The number of aliphatic imine (C=N–C) groups is 1. The molecule has 0 spiro atoms. The van der Waals surface area contributed by atoms with Crippen LogP contribution in [0.15, 0.2) is 23.2 Å². The largest absolute Gasteiger partial charge is 0.356 e. The van der Waals surface area contributed by atoms with Crippen molar-refractivity contribution in [1.82, 2.24) is 25.4 Å². The van der Waals surface area contributed by atoms with Gasteiger partial charge in [0.05, 0.1) is 5.69 Å². The number of piperidine rings is 1. The molecule has 0 atom stereocenters. The van der Waals surface area contributed by atoms with Crippen molar-refractivity contribution in [1.29, 1.82) is 0 Å². The Kier molecular flexibility index (Phi) is 9.38. The fraction of sp³-hybridized carbons (Fsp3) is 0.591. The Bertz CT molecular complexity index is 838. The van der Waals surface area contributed by atoms with E-state index in [2.05, 4.69) is 56.6 Å². The van der Waals surface area contributed by atoms with Gasteiger partial charge in [-0.3, -0.25) is 9.67 Å². The standard InChI is InChI=1S/C22H35N7.HI/c1-6-19-18(20(7-2)28(5)27-19)15-24-22(23-4)26-17-11-13-29(14-12-17)21-10-8-9-16(3)25-21;/h8-10,17H,6-7,11-15H2,1-5H3,(H2,23,24,26);1H. The van der Waals surface area contributed by atoms with E-state index >= 15 is 0 Å². The van der Waals surface area contributed by atoms with Gasteiger partial charge in [0.15, 0.2) is 5.96 Å². The van der Waals surface area contributed by atoms with E-state index in [1.807, 2.05) is 31.8 Å². The molecule has 2 aromatic heterocycles. The highest BCUT2D eigenvalue weighted by atomic mass is 127. The van der Waals surface area contributed by atoms with E-state index in [9.17, 15) is 0 Å². The van der Waals surface area contributed by atoms with Crippen LogP contribution in [0.3, 0.4) is 0 Å². The van der Waals surface area contributed by atoms with Crippen molar-refractivity contribution in [2.24, 2.45) is 12.0 Å². The topological polar surface area (TPSA) is 70.4 Å². The highest BCUT2D eigenvalue weighted by Gasteiger charge is 2.21. The van der Waals surface area contributed by atoms with Crippen LogP contribution in [0.2, 0.25) is 0 Å². The summed E-state index contributed by atoms with van der Waals surface area (Å²) < 4.78 is 2.01. The van der Waals surface area contributed by atoms with Gasteiger partial charge in [-0.2, -0.15) is 5.10 Å². The lowest BCUT2D eigenvalue weighted by Gasteiger charge is -2.34. The molecule has 0 radical (unpaired) electrons. The summed E-state index contributed by atoms with van der Waals surface area (Å²) in [7, 11) is 3.87. The van der Waals surface area contributed by atoms with Crippen LogP contribution in [0.25, 0.3) is 0 Å². The monoisotopic (exact) mass is 525 g/mol. The van der Waals surface area contributed by atoms with Crippen molar-refractivity contribution in [3.8, 4) is 0 Å². The average molecular weight is 525 g/mol. The fourth-order valence-electron chi connectivity index (χ4n) is 4.11. The quantitative estimate of drug-likeness (QED) is 0.345. The van der Waals surface area contributed by atoms with Gasteiger partial charge in [0.25, 0.3) is 0 Å². The van der Waals surface area contributed by atoms with Crippen LogP contribution < -0.4 is 15.5 Å². The third-order valence-corrected chi connectivity index (χ3v) is 5.72. The maximum absolute atomic E-state index is 4.67. The Labute approximate surface area is 197 Å². The van der Waals surface area contributed by atoms with E-state index in [4.69, 9.17) is 0 Å². The second-order valence-electron chi connectivity index (χ2n) is 7.67. The molecule has 166 valence electrons. The van der Waals surface area contributed by atoms with Crippen molar-refractivity contribution in [3.63, 3.8) is 0 Å². The van der Waals surface area contributed by atoms with Gasteiger partial charge >= 0.3 is 0 Å². The van der Waals surface area contributed by atoms with E-state index < -0.39 is 0 Å². The molecule has 0 aliphatic carbocycles. The molecule has 30 heavy (non-hydrogen) atoms. The van der Waals surface area contributed by atoms with Gasteiger partial charge in [0.1, 0.15) is 5.82 Å². The number of halogens is 1. The van der Waals surface area contributed by atoms with Gasteiger partial charge in [0.2, 0.25) is 0 Å². The summed E-state index contributed by atoms with van der Waals surface area (Å²) in [5.74, 6) is 1.95. The van der Waals surface area contributed by atoms with Crippen molar-refractivity contribution in [3.05, 3.63) is 40.8 Å². The van der Waals surface area contributed by atoms with Crippen molar-refractivity contribution >= 4 is 35.8 Å². The molecular formula is C22H36IN7. The molecule has 7 nitrogen and oxygen atoms in total. The number of rotatable bonds is 6. The summed E-state index contributed by atoms with van der Waals surface area (Å²) in [5.41, 5.74) is 4.84. The maximum Gasteiger partial charge on any atom is 0.191 e. The zero-order valence-corrected chi connectivity index (χ0v) is 21.2. The number of aromatic nitrogens is 3. The van der Waals surface area contributed by atoms with E-state index in [-0.39, 0.29) is 24.0 Å². The molecule has 0 amide bonds. The molecule has 0 unspecified atom stereocenters. The molecule has 0 saturated carbocycles. The van der Waals surface area contributed by atoms with Crippen LogP contribution in [0.5, 0.6) is 0 Å². The summed E-state index contributed by atoms with van der Waals surface area (Å²) >= 11 is 0. The summed E-state index contributed by atoms with van der Waals surface area (Å²) in [6.45, 7) is 9.16. The molecule has 3 heterocycles. The first-order chi connectivity index (χ1) is 14.0. The van der Waals surface area contributed by atoms with Gasteiger partial charge < -0.3 is 15.5 Å². The number of guanidine groups is 1. The van der Waals surface area contributed by atoms with Crippen LogP contribution in [0, 0.1) is 6.92 Å². The lowest BCUT2D eigenvalue weighted by molar-refractivity contribution is 0.459.